The zero-order chi connectivity index (χ0) is 18.1. The van der Waals surface area contributed by atoms with Gasteiger partial charge in [0.1, 0.15) is 6.29 Å². The summed E-state index contributed by atoms with van der Waals surface area (Å²) in [5.74, 6) is -0.244. The second-order valence-corrected chi connectivity index (χ2v) is 5.26. The number of hydrogen-bond donors (Lipinski definition) is 1. The van der Waals surface area contributed by atoms with E-state index in [4.69, 9.17) is 10.5 Å². The Morgan fingerprint density at radius 1 is 1.12 bits per heavy atom. The fourth-order valence-electron chi connectivity index (χ4n) is 2.22. The summed E-state index contributed by atoms with van der Waals surface area (Å²) in [5.41, 5.74) is 8.78. The Hall–Kier alpha value is -3.21. The fourth-order valence-corrected chi connectivity index (χ4v) is 2.22. The zero-order valence-electron chi connectivity index (χ0n) is 14.0. The summed E-state index contributed by atoms with van der Waals surface area (Å²) in [6, 6.07) is 16.6. The van der Waals surface area contributed by atoms with Gasteiger partial charge in [0.25, 0.3) is 0 Å². The van der Waals surface area contributed by atoms with E-state index in [9.17, 15) is 9.59 Å². The molecule has 0 atom stereocenters. The second-order valence-electron chi connectivity index (χ2n) is 5.26. The lowest BCUT2D eigenvalue weighted by Crippen LogP contribution is -2.07. The molecule has 0 bridgehead atoms. The Bertz CT molecular complexity index is 840. The Morgan fingerprint density at radius 3 is 2.48 bits per heavy atom. The number of anilines is 1. The van der Waals surface area contributed by atoms with E-state index in [0.29, 0.717) is 12.2 Å². The normalized spacial score (nSPS) is 9.80. The molecule has 1 aromatic heterocycles. The number of aromatic nitrogens is 1. The molecule has 0 saturated carbocycles. The van der Waals surface area contributed by atoms with Gasteiger partial charge in [-0.2, -0.15) is 0 Å². The first-order valence-corrected chi connectivity index (χ1v) is 7.93. The molecule has 1 heterocycles. The lowest BCUT2D eigenvalue weighted by atomic mass is 10.1. The molecule has 0 aliphatic carbocycles. The van der Waals surface area contributed by atoms with Crippen LogP contribution in [0.2, 0.25) is 0 Å². The molecule has 3 rings (SSSR count). The third kappa shape index (κ3) is 5.42. The van der Waals surface area contributed by atoms with E-state index in [1.807, 2.05) is 30.3 Å². The number of nitrogen functional groups attached to an aromatic ring is 1. The lowest BCUT2D eigenvalue weighted by Gasteiger charge is -2.01. The quantitative estimate of drug-likeness (QED) is 0.448. The van der Waals surface area contributed by atoms with Gasteiger partial charge in [-0.25, -0.2) is 0 Å². The predicted molar refractivity (Wildman–Crippen MR) is 98.3 cm³/mol. The van der Waals surface area contributed by atoms with Crippen LogP contribution < -0.4 is 5.73 Å². The van der Waals surface area contributed by atoms with Crippen LogP contribution in [0.1, 0.15) is 22.8 Å². The molecule has 0 amide bonds. The van der Waals surface area contributed by atoms with Gasteiger partial charge in [0.05, 0.1) is 24.2 Å². The number of ether oxygens (including phenoxy) is 1. The van der Waals surface area contributed by atoms with Crippen molar-refractivity contribution in [1.29, 1.82) is 0 Å². The SMILES string of the molecule is CCOC(=O)Cc1ccc(C=O)cc1.Nc1cccc2cccnc12. The molecular formula is C20H20N2O3. The Labute approximate surface area is 146 Å². The Kier molecular flexibility index (Phi) is 6.65. The van der Waals surface area contributed by atoms with Gasteiger partial charge in [-0.1, -0.05) is 42.5 Å². The van der Waals surface area contributed by atoms with Gasteiger partial charge in [0.2, 0.25) is 0 Å². The largest absolute Gasteiger partial charge is 0.466 e. The first-order valence-electron chi connectivity index (χ1n) is 7.93. The number of nitrogens with zero attached hydrogens (tertiary/aromatic N) is 1. The Morgan fingerprint density at radius 2 is 1.84 bits per heavy atom. The highest BCUT2D eigenvalue weighted by Gasteiger charge is 2.03. The summed E-state index contributed by atoms with van der Waals surface area (Å²) in [7, 11) is 0. The van der Waals surface area contributed by atoms with Crippen LogP contribution in [0.15, 0.2) is 60.8 Å². The van der Waals surface area contributed by atoms with Gasteiger partial charge in [-0.15, -0.1) is 0 Å². The van der Waals surface area contributed by atoms with Crippen molar-refractivity contribution in [3.63, 3.8) is 0 Å². The molecule has 0 fully saturated rings. The van der Waals surface area contributed by atoms with Crippen LogP contribution in [-0.4, -0.2) is 23.8 Å². The van der Waals surface area contributed by atoms with Gasteiger partial charge in [0.15, 0.2) is 0 Å². The Balaban J connectivity index is 0.000000185. The van der Waals surface area contributed by atoms with Crippen molar-refractivity contribution in [2.75, 3.05) is 12.3 Å². The number of aldehydes is 1. The highest BCUT2D eigenvalue weighted by atomic mass is 16.5. The van der Waals surface area contributed by atoms with Gasteiger partial charge in [0, 0.05) is 17.1 Å². The number of rotatable bonds is 4. The lowest BCUT2D eigenvalue weighted by molar-refractivity contribution is -0.142. The summed E-state index contributed by atoms with van der Waals surface area (Å²) in [6.45, 7) is 2.17. The third-order valence-electron chi connectivity index (χ3n) is 3.43. The van der Waals surface area contributed by atoms with Crippen molar-refractivity contribution >= 4 is 28.8 Å². The van der Waals surface area contributed by atoms with Crippen molar-refractivity contribution in [2.45, 2.75) is 13.3 Å². The molecule has 0 spiro atoms. The van der Waals surface area contributed by atoms with Gasteiger partial charge < -0.3 is 10.5 Å². The van der Waals surface area contributed by atoms with Crippen molar-refractivity contribution in [3.05, 3.63) is 71.9 Å². The smallest absolute Gasteiger partial charge is 0.310 e. The van der Waals surface area contributed by atoms with Crippen molar-refractivity contribution in [1.82, 2.24) is 4.98 Å². The van der Waals surface area contributed by atoms with E-state index in [0.717, 1.165) is 28.4 Å². The minimum Gasteiger partial charge on any atom is -0.466 e. The van der Waals surface area contributed by atoms with Crippen LogP contribution in [0.5, 0.6) is 0 Å². The van der Waals surface area contributed by atoms with Crippen LogP contribution in [0.25, 0.3) is 10.9 Å². The fraction of sp³-hybridized carbons (Fsp3) is 0.150. The number of nitrogens with two attached hydrogens (primary N) is 1. The number of esters is 1. The molecule has 0 radical (unpaired) electrons. The van der Waals surface area contributed by atoms with Gasteiger partial charge in [-0.3, -0.25) is 14.6 Å². The maximum absolute atomic E-state index is 11.1. The number of carbonyl (C=O) groups excluding carboxylic acids is 2. The van der Waals surface area contributed by atoms with Crippen LogP contribution in [0.3, 0.4) is 0 Å². The van der Waals surface area contributed by atoms with Crippen molar-refractivity contribution in [2.24, 2.45) is 0 Å². The number of benzene rings is 2. The predicted octanol–water partition coefficient (Wildman–Crippen LogP) is 3.42. The molecule has 25 heavy (non-hydrogen) atoms. The molecular weight excluding hydrogens is 316 g/mol. The summed E-state index contributed by atoms with van der Waals surface area (Å²) < 4.78 is 4.79. The minimum atomic E-state index is -0.244. The number of hydrogen-bond acceptors (Lipinski definition) is 5. The molecule has 0 saturated heterocycles. The summed E-state index contributed by atoms with van der Waals surface area (Å²) >= 11 is 0. The molecule has 3 aromatic rings. The monoisotopic (exact) mass is 336 g/mol. The highest BCUT2D eigenvalue weighted by molar-refractivity contribution is 5.88. The molecule has 2 N–H and O–H groups in total. The molecule has 0 aliphatic heterocycles. The number of carbonyl (C=O) groups is 2. The topological polar surface area (TPSA) is 82.3 Å². The van der Waals surface area contributed by atoms with Crippen molar-refractivity contribution < 1.29 is 14.3 Å². The second kappa shape index (κ2) is 9.17. The molecule has 5 nitrogen and oxygen atoms in total. The third-order valence-corrected chi connectivity index (χ3v) is 3.43. The summed E-state index contributed by atoms with van der Waals surface area (Å²) in [5, 5.41) is 1.09. The summed E-state index contributed by atoms with van der Waals surface area (Å²) in [4.78, 5) is 25.6. The van der Waals surface area contributed by atoms with E-state index in [-0.39, 0.29) is 12.4 Å². The maximum Gasteiger partial charge on any atom is 0.310 e. The maximum atomic E-state index is 11.1. The van der Waals surface area contributed by atoms with Crippen LogP contribution in [-0.2, 0) is 16.0 Å². The molecule has 0 aliphatic rings. The van der Waals surface area contributed by atoms with E-state index in [1.54, 1.807) is 37.4 Å². The van der Waals surface area contributed by atoms with E-state index < -0.39 is 0 Å². The zero-order valence-corrected chi connectivity index (χ0v) is 14.0. The van der Waals surface area contributed by atoms with Gasteiger partial charge in [-0.05, 0) is 24.6 Å². The van der Waals surface area contributed by atoms with Crippen LogP contribution in [0, 0.1) is 0 Å². The van der Waals surface area contributed by atoms with Crippen LogP contribution in [0.4, 0.5) is 5.69 Å². The first-order chi connectivity index (χ1) is 12.1. The number of para-hydroxylation sites is 1. The van der Waals surface area contributed by atoms with Crippen molar-refractivity contribution in [3.8, 4) is 0 Å². The molecule has 128 valence electrons. The van der Waals surface area contributed by atoms with Crippen LogP contribution >= 0.6 is 0 Å². The minimum absolute atomic E-state index is 0.244. The molecule has 2 aromatic carbocycles. The average molecular weight is 336 g/mol. The summed E-state index contributed by atoms with van der Waals surface area (Å²) in [6.07, 6.45) is 2.78. The van der Waals surface area contributed by atoms with E-state index in [2.05, 4.69) is 4.98 Å². The number of pyridine rings is 1. The molecule has 0 unspecified atom stereocenters. The van der Waals surface area contributed by atoms with E-state index in [1.165, 1.54) is 0 Å². The standard InChI is InChI=1S/C11H12O3.C9H8N2/c1-2-14-11(13)7-9-3-5-10(8-12)6-4-9;10-8-5-1-3-7-4-2-6-11-9(7)8/h3-6,8H,2,7H2,1H3;1-6H,10H2. The van der Waals surface area contributed by atoms with Gasteiger partial charge >= 0.3 is 5.97 Å². The highest BCUT2D eigenvalue weighted by Crippen LogP contribution is 2.16. The average Bonchev–Trinajstić information content (AvgIpc) is 2.64. The molecule has 5 heteroatoms. The van der Waals surface area contributed by atoms with E-state index >= 15 is 0 Å². The first kappa shape index (κ1) is 18.1. The number of fused-ring (bicyclic) bond motifs is 1.